The Kier molecular flexibility index (Phi) is 4.77. The van der Waals surface area contributed by atoms with Gasteiger partial charge < -0.3 is 4.74 Å². The Hall–Kier alpha value is -1.83. The van der Waals surface area contributed by atoms with Crippen LogP contribution in [0.3, 0.4) is 0 Å². The highest BCUT2D eigenvalue weighted by molar-refractivity contribution is 7.25. The zero-order valence-electron chi connectivity index (χ0n) is 15.5. The van der Waals surface area contributed by atoms with E-state index in [-0.39, 0.29) is 5.56 Å². The summed E-state index contributed by atoms with van der Waals surface area (Å²) in [6, 6.07) is 2.05. The molecule has 0 aromatic carbocycles. The fraction of sp³-hybridized carbons (Fsp3) is 0.526. The van der Waals surface area contributed by atoms with E-state index in [0.717, 1.165) is 76.8 Å². The maximum atomic E-state index is 13.1. The Morgan fingerprint density at radius 1 is 1.15 bits per heavy atom. The van der Waals surface area contributed by atoms with E-state index in [4.69, 9.17) is 9.72 Å². The van der Waals surface area contributed by atoms with Crippen molar-refractivity contribution in [3.05, 3.63) is 33.5 Å². The summed E-state index contributed by atoms with van der Waals surface area (Å²) in [5.41, 5.74) is 2.98. The van der Waals surface area contributed by atoms with Gasteiger partial charge in [0.05, 0.1) is 18.7 Å². The van der Waals surface area contributed by atoms with Gasteiger partial charge >= 0.3 is 0 Å². The molecular weight excluding hydrogens is 348 g/mol. The Morgan fingerprint density at radius 2 is 1.92 bits per heavy atom. The molecular formula is C19H24N4O2S. The van der Waals surface area contributed by atoms with Gasteiger partial charge in [-0.25, -0.2) is 9.97 Å². The molecule has 0 atom stereocenters. The minimum atomic E-state index is 0.0644. The van der Waals surface area contributed by atoms with Crippen molar-refractivity contribution < 1.29 is 4.74 Å². The Balaban J connectivity index is 1.66. The SMILES string of the molecule is Cc1cc(C)c2c(n1)sc1c(=O)n(CCCN3CCOCC3)c(C)nc12. The van der Waals surface area contributed by atoms with E-state index in [1.54, 1.807) is 0 Å². The summed E-state index contributed by atoms with van der Waals surface area (Å²) in [4.78, 5) is 25.8. The molecule has 0 bridgehead atoms. The highest BCUT2D eigenvalue weighted by atomic mass is 32.1. The molecule has 4 rings (SSSR count). The summed E-state index contributed by atoms with van der Waals surface area (Å²) < 4.78 is 7.93. The van der Waals surface area contributed by atoms with E-state index in [9.17, 15) is 4.79 Å². The molecule has 1 saturated heterocycles. The van der Waals surface area contributed by atoms with Gasteiger partial charge in [0.1, 0.15) is 15.4 Å². The number of rotatable bonds is 4. The Labute approximate surface area is 156 Å². The van der Waals surface area contributed by atoms with Crippen LogP contribution in [0, 0.1) is 20.8 Å². The first-order valence-electron chi connectivity index (χ1n) is 9.12. The van der Waals surface area contributed by atoms with Crippen molar-refractivity contribution in [2.45, 2.75) is 33.7 Å². The predicted octanol–water partition coefficient (Wildman–Crippen LogP) is 2.65. The fourth-order valence-electron chi connectivity index (χ4n) is 3.71. The van der Waals surface area contributed by atoms with E-state index >= 15 is 0 Å². The lowest BCUT2D eigenvalue weighted by molar-refractivity contribution is 0.0369. The van der Waals surface area contributed by atoms with Gasteiger partial charge in [-0.2, -0.15) is 0 Å². The van der Waals surface area contributed by atoms with Crippen molar-refractivity contribution in [1.82, 2.24) is 19.4 Å². The van der Waals surface area contributed by atoms with Gasteiger partial charge in [0.2, 0.25) is 0 Å². The molecule has 4 heterocycles. The number of hydrogen-bond acceptors (Lipinski definition) is 6. The first kappa shape index (κ1) is 17.6. The van der Waals surface area contributed by atoms with Crippen LogP contribution in [0.5, 0.6) is 0 Å². The molecule has 0 unspecified atom stereocenters. The third kappa shape index (κ3) is 3.15. The van der Waals surface area contributed by atoms with Gasteiger partial charge in [-0.3, -0.25) is 14.3 Å². The van der Waals surface area contributed by atoms with Gasteiger partial charge in [0.15, 0.2) is 0 Å². The number of hydrogen-bond donors (Lipinski definition) is 0. The lowest BCUT2D eigenvalue weighted by Crippen LogP contribution is -2.37. The minimum Gasteiger partial charge on any atom is -0.379 e. The molecule has 6 nitrogen and oxygen atoms in total. The molecule has 0 radical (unpaired) electrons. The molecule has 1 aliphatic heterocycles. The summed E-state index contributed by atoms with van der Waals surface area (Å²) in [7, 11) is 0. The second-order valence-electron chi connectivity index (χ2n) is 6.96. The number of aryl methyl sites for hydroxylation is 3. The number of nitrogens with zero attached hydrogens (tertiary/aromatic N) is 4. The maximum absolute atomic E-state index is 13.1. The van der Waals surface area contributed by atoms with Gasteiger partial charge in [-0.15, -0.1) is 11.3 Å². The third-order valence-electron chi connectivity index (χ3n) is 5.03. The Bertz CT molecular complexity index is 1020. The minimum absolute atomic E-state index is 0.0644. The average Bonchev–Trinajstić information content (AvgIpc) is 2.97. The van der Waals surface area contributed by atoms with Gasteiger partial charge in [-0.05, 0) is 38.8 Å². The maximum Gasteiger partial charge on any atom is 0.271 e. The summed E-state index contributed by atoms with van der Waals surface area (Å²) in [5.74, 6) is 0.782. The number of aromatic nitrogens is 3. The van der Waals surface area contributed by atoms with Crippen LogP contribution in [0.25, 0.3) is 20.4 Å². The summed E-state index contributed by atoms with van der Waals surface area (Å²) >= 11 is 1.47. The van der Waals surface area contributed by atoms with E-state index in [1.165, 1.54) is 11.3 Å². The molecule has 0 spiro atoms. The molecule has 3 aromatic heterocycles. The van der Waals surface area contributed by atoms with Crippen molar-refractivity contribution in [2.75, 3.05) is 32.8 Å². The monoisotopic (exact) mass is 372 g/mol. The van der Waals surface area contributed by atoms with Crippen molar-refractivity contribution in [1.29, 1.82) is 0 Å². The van der Waals surface area contributed by atoms with Gasteiger partial charge in [0.25, 0.3) is 5.56 Å². The number of morpholine rings is 1. The van der Waals surface area contributed by atoms with E-state index in [2.05, 4.69) is 22.9 Å². The first-order valence-corrected chi connectivity index (χ1v) is 9.94. The Morgan fingerprint density at radius 3 is 2.69 bits per heavy atom. The normalized spacial score (nSPS) is 16.0. The number of fused-ring (bicyclic) bond motifs is 3. The van der Waals surface area contributed by atoms with Crippen LogP contribution in [0.15, 0.2) is 10.9 Å². The molecule has 7 heteroatoms. The topological polar surface area (TPSA) is 60.2 Å². The van der Waals surface area contributed by atoms with E-state index in [1.807, 2.05) is 18.4 Å². The van der Waals surface area contributed by atoms with Crippen LogP contribution in [0.4, 0.5) is 0 Å². The second-order valence-corrected chi connectivity index (χ2v) is 7.96. The summed E-state index contributed by atoms with van der Waals surface area (Å²) in [6.45, 7) is 11.2. The highest BCUT2D eigenvalue weighted by Gasteiger charge is 2.17. The molecule has 0 saturated carbocycles. The van der Waals surface area contributed by atoms with Crippen LogP contribution in [-0.4, -0.2) is 52.3 Å². The predicted molar refractivity (Wildman–Crippen MR) is 105 cm³/mol. The van der Waals surface area contributed by atoms with Crippen molar-refractivity contribution in [3.8, 4) is 0 Å². The third-order valence-corrected chi connectivity index (χ3v) is 6.09. The van der Waals surface area contributed by atoms with Crippen LogP contribution in [-0.2, 0) is 11.3 Å². The van der Waals surface area contributed by atoms with E-state index < -0.39 is 0 Å². The zero-order valence-corrected chi connectivity index (χ0v) is 16.4. The molecule has 0 amide bonds. The molecule has 138 valence electrons. The molecule has 0 aliphatic carbocycles. The largest absolute Gasteiger partial charge is 0.379 e. The molecule has 1 aliphatic rings. The number of thiophene rings is 1. The average molecular weight is 372 g/mol. The lowest BCUT2D eigenvalue weighted by atomic mass is 10.1. The summed E-state index contributed by atoms with van der Waals surface area (Å²) in [6.07, 6.45) is 0.940. The standard InChI is InChI=1S/C19H24N4O2S/c1-12-11-13(2)20-18-15(12)16-17(26-18)19(24)23(14(3)21-16)6-4-5-22-7-9-25-10-8-22/h11H,4-10H2,1-3H3. The van der Waals surface area contributed by atoms with Crippen LogP contribution >= 0.6 is 11.3 Å². The number of pyridine rings is 1. The zero-order chi connectivity index (χ0) is 18.3. The van der Waals surface area contributed by atoms with Crippen molar-refractivity contribution >= 4 is 31.8 Å². The fourth-order valence-corrected chi connectivity index (χ4v) is 4.89. The van der Waals surface area contributed by atoms with Gasteiger partial charge in [0, 0.05) is 37.3 Å². The van der Waals surface area contributed by atoms with E-state index in [0.29, 0.717) is 6.54 Å². The first-order chi connectivity index (χ1) is 12.5. The summed E-state index contributed by atoms with van der Waals surface area (Å²) in [5, 5.41) is 1.02. The molecule has 3 aromatic rings. The quantitative estimate of drug-likeness (QED) is 0.705. The van der Waals surface area contributed by atoms with Crippen LogP contribution in [0.1, 0.15) is 23.5 Å². The van der Waals surface area contributed by atoms with Crippen LogP contribution in [0.2, 0.25) is 0 Å². The van der Waals surface area contributed by atoms with Gasteiger partial charge in [-0.1, -0.05) is 0 Å². The number of ether oxygens (including phenoxy) is 1. The van der Waals surface area contributed by atoms with Crippen molar-refractivity contribution in [3.63, 3.8) is 0 Å². The lowest BCUT2D eigenvalue weighted by Gasteiger charge is -2.26. The van der Waals surface area contributed by atoms with Crippen molar-refractivity contribution in [2.24, 2.45) is 0 Å². The van der Waals surface area contributed by atoms with Crippen LogP contribution < -0.4 is 5.56 Å². The molecule has 1 fully saturated rings. The smallest absolute Gasteiger partial charge is 0.271 e. The highest BCUT2D eigenvalue weighted by Crippen LogP contribution is 2.32. The second kappa shape index (κ2) is 7.06. The molecule has 0 N–H and O–H groups in total. The molecule has 26 heavy (non-hydrogen) atoms.